The number of ketones is 1. The SMILES string of the molecule is O=C1C(=O)N(c2cccc(Br)c2)[C@H](c2ccc([N+](=O)[O-])cc2)/C1=C(/O)c1ccccc1. The summed E-state index contributed by atoms with van der Waals surface area (Å²) in [5.74, 6) is -1.93. The number of hydrogen-bond acceptors (Lipinski definition) is 5. The van der Waals surface area contributed by atoms with Gasteiger partial charge in [-0.05, 0) is 35.9 Å². The Morgan fingerprint density at radius 3 is 2.26 bits per heavy atom. The predicted molar refractivity (Wildman–Crippen MR) is 118 cm³/mol. The first kappa shape index (κ1) is 20.5. The summed E-state index contributed by atoms with van der Waals surface area (Å²) in [5.41, 5.74) is 1.10. The van der Waals surface area contributed by atoms with Crippen molar-refractivity contribution in [2.75, 3.05) is 4.90 Å². The molecule has 3 aromatic carbocycles. The van der Waals surface area contributed by atoms with E-state index < -0.39 is 22.7 Å². The van der Waals surface area contributed by atoms with Crippen LogP contribution in [0.2, 0.25) is 0 Å². The molecule has 1 fully saturated rings. The number of carbonyl (C=O) groups is 2. The van der Waals surface area contributed by atoms with E-state index in [-0.39, 0.29) is 17.0 Å². The van der Waals surface area contributed by atoms with Gasteiger partial charge in [0.05, 0.1) is 16.5 Å². The van der Waals surface area contributed by atoms with Crippen molar-refractivity contribution in [2.45, 2.75) is 6.04 Å². The molecule has 3 aromatic rings. The van der Waals surface area contributed by atoms with Gasteiger partial charge in [0.25, 0.3) is 17.4 Å². The maximum atomic E-state index is 13.0. The van der Waals surface area contributed by atoms with Crippen molar-refractivity contribution < 1.29 is 19.6 Å². The Morgan fingerprint density at radius 1 is 0.968 bits per heavy atom. The molecule has 7 nitrogen and oxygen atoms in total. The molecule has 31 heavy (non-hydrogen) atoms. The highest BCUT2D eigenvalue weighted by molar-refractivity contribution is 9.10. The summed E-state index contributed by atoms with van der Waals surface area (Å²) >= 11 is 3.37. The molecule has 0 aliphatic carbocycles. The van der Waals surface area contributed by atoms with E-state index in [1.54, 1.807) is 54.6 Å². The summed E-state index contributed by atoms with van der Waals surface area (Å²) in [7, 11) is 0. The van der Waals surface area contributed by atoms with Crippen LogP contribution in [0, 0.1) is 10.1 Å². The quantitative estimate of drug-likeness (QED) is 0.187. The second-order valence-corrected chi connectivity index (χ2v) is 7.78. The number of nitro benzene ring substituents is 1. The lowest BCUT2D eigenvalue weighted by Crippen LogP contribution is -2.29. The van der Waals surface area contributed by atoms with Gasteiger partial charge in [-0.2, -0.15) is 0 Å². The Balaban J connectivity index is 1.94. The molecule has 0 saturated carbocycles. The number of benzene rings is 3. The Hall–Kier alpha value is -3.78. The van der Waals surface area contributed by atoms with Crippen molar-refractivity contribution in [3.8, 4) is 0 Å². The molecule has 1 amide bonds. The highest BCUT2D eigenvalue weighted by Gasteiger charge is 2.47. The Labute approximate surface area is 185 Å². The monoisotopic (exact) mass is 478 g/mol. The van der Waals surface area contributed by atoms with Gasteiger partial charge in [0.1, 0.15) is 5.76 Å². The van der Waals surface area contributed by atoms with Gasteiger partial charge in [0.2, 0.25) is 0 Å². The average molecular weight is 479 g/mol. The minimum Gasteiger partial charge on any atom is -0.507 e. The number of carbonyl (C=O) groups excluding carboxylic acids is 2. The molecule has 0 spiro atoms. The molecule has 0 aromatic heterocycles. The lowest BCUT2D eigenvalue weighted by atomic mass is 9.95. The maximum Gasteiger partial charge on any atom is 0.300 e. The van der Waals surface area contributed by atoms with Gasteiger partial charge in [-0.3, -0.25) is 24.6 Å². The van der Waals surface area contributed by atoms with Gasteiger partial charge >= 0.3 is 0 Å². The minimum atomic E-state index is -0.949. The minimum absolute atomic E-state index is 0.0787. The number of nitrogens with zero attached hydrogens (tertiary/aromatic N) is 2. The number of Topliss-reactive ketones (excluding diaryl/α,β-unsaturated/α-hetero) is 1. The van der Waals surface area contributed by atoms with Crippen molar-refractivity contribution in [3.63, 3.8) is 0 Å². The highest BCUT2D eigenvalue weighted by atomic mass is 79.9. The number of hydrogen-bond donors (Lipinski definition) is 1. The number of nitro groups is 1. The number of aliphatic hydroxyl groups is 1. The molecule has 4 rings (SSSR count). The zero-order chi connectivity index (χ0) is 22.1. The van der Waals surface area contributed by atoms with E-state index >= 15 is 0 Å². The van der Waals surface area contributed by atoms with Crippen molar-refractivity contribution in [2.24, 2.45) is 0 Å². The second kappa shape index (κ2) is 8.16. The molecule has 1 N–H and O–H groups in total. The molecule has 0 radical (unpaired) electrons. The Morgan fingerprint density at radius 2 is 1.65 bits per heavy atom. The summed E-state index contributed by atoms with van der Waals surface area (Å²) < 4.78 is 0.706. The van der Waals surface area contributed by atoms with E-state index in [0.29, 0.717) is 21.3 Å². The van der Waals surface area contributed by atoms with E-state index in [4.69, 9.17) is 0 Å². The van der Waals surface area contributed by atoms with E-state index in [2.05, 4.69) is 15.9 Å². The highest BCUT2D eigenvalue weighted by Crippen LogP contribution is 2.42. The largest absolute Gasteiger partial charge is 0.507 e. The fourth-order valence-electron chi connectivity index (χ4n) is 3.57. The number of anilines is 1. The number of amides is 1. The number of halogens is 1. The van der Waals surface area contributed by atoms with Crippen LogP contribution in [0.25, 0.3) is 5.76 Å². The van der Waals surface area contributed by atoms with Crippen molar-refractivity contribution in [3.05, 3.63) is 110 Å². The van der Waals surface area contributed by atoms with Crippen molar-refractivity contribution in [1.29, 1.82) is 0 Å². The summed E-state index contributed by atoms with van der Waals surface area (Å²) in [5, 5.41) is 22.0. The lowest BCUT2D eigenvalue weighted by molar-refractivity contribution is -0.384. The molecule has 1 atom stereocenters. The summed E-state index contributed by atoms with van der Waals surface area (Å²) in [6.45, 7) is 0. The molecule has 1 aliphatic heterocycles. The van der Waals surface area contributed by atoms with Crippen LogP contribution in [0.3, 0.4) is 0 Å². The molecule has 1 saturated heterocycles. The van der Waals surface area contributed by atoms with Gasteiger partial charge in [-0.25, -0.2) is 0 Å². The van der Waals surface area contributed by atoms with Crippen LogP contribution in [0.15, 0.2) is 88.9 Å². The van der Waals surface area contributed by atoms with Crippen LogP contribution in [0.4, 0.5) is 11.4 Å². The van der Waals surface area contributed by atoms with Crippen LogP contribution in [-0.4, -0.2) is 21.7 Å². The molecule has 1 aliphatic rings. The zero-order valence-corrected chi connectivity index (χ0v) is 17.5. The topological polar surface area (TPSA) is 101 Å². The van der Waals surface area contributed by atoms with Gasteiger partial charge in [-0.1, -0.05) is 52.3 Å². The van der Waals surface area contributed by atoms with Gasteiger partial charge in [0, 0.05) is 27.9 Å². The first-order chi connectivity index (χ1) is 14.9. The Bertz CT molecular complexity index is 1220. The summed E-state index contributed by atoms with van der Waals surface area (Å²) in [6.07, 6.45) is 0. The number of aliphatic hydroxyl groups excluding tert-OH is 1. The molecule has 0 unspecified atom stereocenters. The maximum absolute atomic E-state index is 13.0. The average Bonchev–Trinajstić information content (AvgIpc) is 3.04. The van der Waals surface area contributed by atoms with E-state index in [1.165, 1.54) is 29.2 Å². The predicted octanol–water partition coefficient (Wildman–Crippen LogP) is 4.98. The van der Waals surface area contributed by atoms with Crippen LogP contribution >= 0.6 is 15.9 Å². The van der Waals surface area contributed by atoms with Crippen molar-refractivity contribution in [1.82, 2.24) is 0 Å². The zero-order valence-electron chi connectivity index (χ0n) is 15.9. The normalized spacial score (nSPS) is 17.7. The first-order valence-electron chi connectivity index (χ1n) is 9.25. The van der Waals surface area contributed by atoms with Crippen LogP contribution < -0.4 is 4.90 Å². The van der Waals surface area contributed by atoms with Crippen LogP contribution in [-0.2, 0) is 9.59 Å². The first-order valence-corrected chi connectivity index (χ1v) is 10.0. The van der Waals surface area contributed by atoms with Crippen LogP contribution in [0.1, 0.15) is 17.2 Å². The third kappa shape index (κ3) is 3.73. The van der Waals surface area contributed by atoms with E-state index in [9.17, 15) is 24.8 Å². The smallest absolute Gasteiger partial charge is 0.300 e. The van der Waals surface area contributed by atoms with E-state index in [0.717, 1.165) is 0 Å². The Kier molecular flexibility index (Phi) is 5.39. The summed E-state index contributed by atoms with van der Waals surface area (Å²) in [4.78, 5) is 37.9. The molecular formula is C23H15BrN2O5. The fraction of sp³-hybridized carbons (Fsp3) is 0.0435. The molecule has 154 valence electrons. The number of non-ortho nitro benzene ring substituents is 1. The molecule has 1 heterocycles. The van der Waals surface area contributed by atoms with Gasteiger partial charge < -0.3 is 5.11 Å². The molecule has 8 heteroatoms. The molecule has 0 bridgehead atoms. The van der Waals surface area contributed by atoms with E-state index in [1.807, 2.05) is 0 Å². The summed E-state index contributed by atoms with van der Waals surface area (Å²) in [6, 6.07) is 20.0. The third-order valence-corrected chi connectivity index (χ3v) is 5.49. The van der Waals surface area contributed by atoms with Gasteiger partial charge in [0.15, 0.2) is 0 Å². The van der Waals surface area contributed by atoms with Gasteiger partial charge in [-0.15, -0.1) is 0 Å². The standard InChI is InChI=1S/C23H15BrN2O5/c24-16-7-4-8-18(13-16)25-20(14-9-11-17(12-10-14)26(30)31)19(22(28)23(25)29)21(27)15-5-2-1-3-6-15/h1-13,20,27H/b21-19-/t20-/m1/s1. The fourth-order valence-corrected chi connectivity index (χ4v) is 3.96. The second-order valence-electron chi connectivity index (χ2n) is 6.86. The van der Waals surface area contributed by atoms with Crippen LogP contribution in [0.5, 0.6) is 0 Å². The number of rotatable bonds is 4. The third-order valence-electron chi connectivity index (χ3n) is 5.00. The molecular weight excluding hydrogens is 464 g/mol. The lowest BCUT2D eigenvalue weighted by Gasteiger charge is -2.25. The van der Waals surface area contributed by atoms with Crippen molar-refractivity contribution >= 4 is 44.8 Å².